The Labute approximate surface area is 200 Å². The number of rotatable bonds is 9. The maximum Gasteiger partial charge on any atom is 0.311 e. The van der Waals surface area contributed by atoms with Crippen molar-refractivity contribution in [3.8, 4) is 0 Å². The van der Waals surface area contributed by atoms with Crippen LogP contribution in [0.1, 0.15) is 52.4 Å². The number of fused-ring (bicyclic) bond motifs is 2. The average molecular weight is 477 g/mol. The van der Waals surface area contributed by atoms with Crippen molar-refractivity contribution in [2.75, 3.05) is 26.3 Å². The van der Waals surface area contributed by atoms with Crippen LogP contribution in [0.5, 0.6) is 0 Å². The number of ether oxygens (including phenoxy) is 1. The smallest absolute Gasteiger partial charge is 0.311 e. The Kier molecular flexibility index (Phi) is 7.53. The van der Waals surface area contributed by atoms with Crippen LogP contribution in [0, 0.1) is 11.8 Å². The zero-order valence-corrected chi connectivity index (χ0v) is 20.5. The molecule has 1 spiro atoms. The number of carbonyl (C=O) groups is 3. The third kappa shape index (κ3) is 4.25. The van der Waals surface area contributed by atoms with E-state index in [0.29, 0.717) is 13.1 Å². The van der Waals surface area contributed by atoms with Crippen LogP contribution >= 0.6 is 11.8 Å². The summed E-state index contributed by atoms with van der Waals surface area (Å²) < 4.78 is 4.65. The molecule has 2 amide bonds. The lowest BCUT2D eigenvalue weighted by atomic mass is 9.78. The van der Waals surface area contributed by atoms with Crippen molar-refractivity contribution in [1.29, 1.82) is 0 Å². The normalized spacial score (nSPS) is 34.0. The lowest BCUT2D eigenvalue weighted by molar-refractivity contribution is -0.151. The Morgan fingerprint density at radius 3 is 2.73 bits per heavy atom. The molecule has 0 radical (unpaired) electrons. The summed E-state index contributed by atoms with van der Waals surface area (Å²) in [6.07, 6.45) is 13.1. The number of likely N-dealkylation sites (tertiary alicyclic amines) is 1. The molecule has 8 heteroatoms. The summed E-state index contributed by atoms with van der Waals surface area (Å²) in [7, 11) is 0. The van der Waals surface area contributed by atoms with Gasteiger partial charge in [0, 0.05) is 31.0 Å². The van der Waals surface area contributed by atoms with E-state index in [2.05, 4.69) is 19.9 Å². The van der Waals surface area contributed by atoms with Crippen LogP contribution in [-0.4, -0.2) is 81.1 Å². The molecule has 0 aromatic heterocycles. The first-order valence-electron chi connectivity index (χ1n) is 12.4. The molecule has 7 nitrogen and oxygen atoms in total. The summed E-state index contributed by atoms with van der Waals surface area (Å²) in [4.78, 5) is 44.5. The minimum Gasteiger partial charge on any atom is -0.461 e. The van der Waals surface area contributed by atoms with E-state index < -0.39 is 22.6 Å². The summed E-state index contributed by atoms with van der Waals surface area (Å²) in [6, 6.07) is -0.520. The molecule has 0 bridgehead atoms. The molecule has 4 heterocycles. The van der Waals surface area contributed by atoms with Crippen molar-refractivity contribution in [1.82, 2.24) is 9.80 Å². The van der Waals surface area contributed by atoms with E-state index in [1.54, 1.807) is 16.7 Å². The van der Waals surface area contributed by atoms with Crippen LogP contribution in [0.25, 0.3) is 0 Å². The lowest BCUT2D eigenvalue weighted by Gasteiger charge is -2.37. The highest BCUT2D eigenvalue weighted by Gasteiger charge is 2.71. The standard InChI is InChI=1S/C25H36N2O5S/c1-3-10-17(2)26-14-9-12-25-20(19-18(33-25)11-8-16-32-24(19)31)22(29)27(21(25)23(26)30)13-6-4-5-7-15-28/h8-9,11-12,17-21,28H,3-7,10,13-16H2,1-2H3/t17?,18-,19+,20+,21?,25+/m1/s1. The van der Waals surface area contributed by atoms with Gasteiger partial charge in [0.1, 0.15) is 12.6 Å². The number of hydrogen-bond acceptors (Lipinski definition) is 6. The maximum atomic E-state index is 14.0. The van der Waals surface area contributed by atoms with E-state index in [4.69, 9.17) is 9.84 Å². The Bertz CT molecular complexity index is 830. The van der Waals surface area contributed by atoms with Crippen molar-refractivity contribution in [3.63, 3.8) is 0 Å². The number of hydrogen-bond donors (Lipinski definition) is 1. The lowest BCUT2D eigenvalue weighted by Crippen LogP contribution is -2.55. The van der Waals surface area contributed by atoms with Gasteiger partial charge < -0.3 is 19.6 Å². The van der Waals surface area contributed by atoms with Gasteiger partial charge in [0.15, 0.2) is 0 Å². The molecule has 0 saturated carbocycles. The van der Waals surface area contributed by atoms with Crippen LogP contribution in [0.3, 0.4) is 0 Å². The molecule has 6 atom stereocenters. The topological polar surface area (TPSA) is 87.2 Å². The SMILES string of the molecule is CCCC(C)N1CC=C[C@]23S[C@@H]4C=CCOC(=O)[C@@H]4[C@H]2C(=O)N(CCCCCCO)C3C1=O. The second-order valence-electron chi connectivity index (χ2n) is 9.60. The summed E-state index contributed by atoms with van der Waals surface area (Å²) in [5.74, 6) is -1.60. The Balaban J connectivity index is 1.69. The van der Waals surface area contributed by atoms with Crippen LogP contribution in [0.2, 0.25) is 0 Å². The third-order valence-corrected chi connectivity index (χ3v) is 9.23. The summed E-state index contributed by atoms with van der Waals surface area (Å²) in [6.45, 7) is 5.61. The van der Waals surface area contributed by atoms with Gasteiger partial charge in [-0.25, -0.2) is 0 Å². The number of carbonyl (C=O) groups excluding carboxylic acids is 3. The summed E-state index contributed by atoms with van der Waals surface area (Å²) in [5.41, 5.74) is 0. The minimum absolute atomic E-state index is 0.00605. The average Bonchev–Trinajstić information content (AvgIpc) is 3.08. The number of aliphatic hydroxyl groups is 1. The largest absolute Gasteiger partial charge is 0.461 e. The highest BCUT2D eigenvalue weighted by atomic mass is 32.2. The van der Waals surface area contributed by atoms with Gasteiger partial charge in [0.2, 0.25) is 11.8 Å². The van der Waals surface area contributed by atoms with Crippen molar-refractivity contribution in [2.45, 2.75) is 74.5 Å². The number of thioether (sulfide) groups is 1. The maximum absolute atomic E-state index is 14.0. The fraction of sp³-hybridized carbons (Fsp3) is 0.720. The van der Waals surface area contributed by atoms with Crippen LogP contribution in [-0.2, 0) is 19.1 Å². The minimum atomic E-state index is -0.754. The number of unbranched alkanes of at least 4 members (excludes halogenated alkanes) is 3. The predicted molar refractivity (Wildman–Crippen MR) is 127 cm³/mol. The van der Waals surface area contributed by atoms with E-state index in [1.165, 1.54) is 0 Å². The molecule has 33 heavy (non-hydrogen) atoms. The van der Waals surface area contributed by atoms with E-state index in [-0.39, 0.29) is 42.3 Å². The van der Waals surface area contributed by atoms with Crippen LogP contribution in [0.4, 0.5) is 0 Å². The first-order chi connectivity index (χ1) is 16.0. The first kappa shape index (κ1) is 24.3. The van der Waals surface area contributed by atoms with Crippen molar-refractivity contribution >= 4 is 29.5 Å². The van der Waals surface area contributed by atoms with Gasteiger partial charge in [-0.15, -0.1) is 11.8 Å². The van der Waals surface area contributed by atoms with Gasteiger partial charge in [-0.2, -0.15) is 0 Å². The molecular formula is C25H36N2O5S. The number of nitrogens with zero attached hydrogens (tertiary/aromatic N) is 2. The van der Waals surface area contributed by atoms with Crippen LogP contribution < -0.4 is 0 Å². The molecule has 0 aromatic carbocycles. The Morgan fingerprint density at radius 1 is 1.18 bits per heavy atom. The molecule has 2 fully saturated rings. The van der Waals surface area contributed by atoms with Gasteiger partial charge in [0.25, 0.3) is 0 Å². The van der Waals surface area contributed by atoms with Crippen molar-refractivity contribution in [3.05, 3.63) is 24.3 Å². The monoisotopic (exact) mass is 476 g/mol. The highest BCUT2D eigenvalue weighted by Crippen LogP contribution is 2.61. The second kappa shape index (κ2) is 10.2. The van der Waals surface area contributed by atoms with E-state index in [0.717, 1.165) is 38.5 Å². The number of cyclic esters (lactones) is 1. The number of esters is 1. The van der Waals surface area contributed by atoms with Crippen LogP contribution in [0.15, 0.2) is 24.3 Å². The number of aliphatic hydroxyl groups excluding tert-OH is 1. The van der Waals surface area contributed by atoms with Gasteiger partial charge >= 0.3 is 5.97 Å². The molecule has 182 valence electrons. The zero-order valence-electron chi connectivity index (χ0n) is 19.7. The summed E-state index contributed by atoms with van der Waals surface area (Å²) in [5, 5.41) is 8.89. The van der Waals surface area contributed by atoms with E-state index in [9.17, 15) is 14.4 Å². The van der Waals surface area contributed by atoms with E-state index >= 15 is 0 Å². The molecular weight excluding hydrogens is 440 g/mol. The van der Waals surface area contributed by atoms with Gasteiger partial charge in [-0.1, -0.05) is 50.5 Å². The molecule has 2 saturated heterocycles. The fourth-order valence-electron chi connectivity index (χ4n) is 5.94. The third-order valence-electron chi connectivity index (χ3n) is 7.49. The molecule has 1 N–H and O–H groups in total. The molecule has 4 aliphatic heterocycles. The predicted octanol–water partition coefficient (Wildman–Crippen LogP) is 2.54. The molecule has 0 aromatic rings. The summed E-state index contributed by atoms with van der Waals surface area (Å²) >= 11 is 1.60. The quantitative estimate of drug-likeness (QED) is 0.313. The Morgan fingerprint density at radius 2 is 1.97 bits per heavy atom. The van der Waals surface area contributed by atoms with Gasteiger partial charge in [-0.3, -0.25) is 14.4 Å². The van der Waals surface area contributed by atoms with Crippen molar-refractivity contribution < 1.29 is 24.2 Å². The molecule has 0 aliphatic carbocycles. The number of amides is 2. The van der Waals surface area contributed by atoms with Gasteiger partial charge in [0.05, 0.1) is 16.6 Å². The molecule has 4 aliphatic rings. The Hall–Kier alpha value is -1.80. The van der Waals surface area contributed by atoms with Gasteiger partial charge in [-0.05, 0) is 26.2 Å². The highest BCUT2D eigenvalue weighted by molar-refractivity contribution is 8.02. The van der Waals surface area contributed by atoms with Crippen molar-refractivity contribution in [2.24, 2.45) is 11.8 Å². The molecule has 2 unspecified atom stereocenters. The zero-order chi connectivity index (χ0) is 23.6. The second-order valence-corrected chi connectivity index (χ2v) is 11.1. The fourth-order valence-corrected chi connectivity index (χ4v) is 7.95. The molecule has 4 rings (SSSR count). The first-order valence-corrected chi connectivity index (χ1v) is 13.2. The van der Waals surface area contributed by atoms with E-state index in [1.807, 2.05) is 23.1 Å².